The number of nitrogens with zero attached hydrogens (tertiary/aromatic N) is 3. The maximum absolute atomic E-state index is 12.8. The predicted octanol–water partition coefficient (Wildman–Crippen LogP) is 2.74. The normalized spacial score (nSPS) is 11.6. The van der Waals surface area contributed by atoms with Crippen LogP contribution in [0.5, 0.6) is 0 Å². The van der Waals surface area contributed by atoms with Crippen molar-refractivity contribution in [1.82, 2.24) is 15.4 Å². The molecule has 0 bridgehead atoms. The molecule has 120 valence electrons. The van der Waals surface area contributed by atoms with Gasteiger partial charge < -0.3 is 0 Å². The number of hydrogen-bond acceptors (Lipinski definition) is 5. The summed E-state index contributed by atoms with van der Waals surface area (Å²) in [6.07, 6.45) is -0.434. The summed E-state index contributed by atoms with van der Waals surface area (Å²) in [5.41, 5.74) is 1.23. The first-order chi connectivity index (χ1) is 11.0. The second kappa shape index (κ2) is 7.73. The van der Waals surface area contributed by atoms with Crippen molar-refractivity contribution < 1.29 is 18.0 Å². The molecule has 5 nitrogen and oxygen atoms in total. The molecule has 0 saturated heterocycles. The van der Waals surface area contributed by atoms with Crippen molar-refractivity contribution >= 4 is 23.9 Å². The molecule has 2 rings (SSSR count). The van der Waals surface area contributed by atoms with E-state index in [0.717, 1.165) is 24.0 Å². The fourth-order valence-corrected chi connectivity index (χ4v) is 2.16. The number of carbonyl (C=O) groups is 1. The van der Waals surface area contributed by atoms with E-state index >= 15 is 0 Å². The molecule has 1 N–H and O–H groups in total. The lowest BCUT2D eigenvalue weighted by molar-refractivity contribution is -0.137. The summed E-state index contributed by atoms with van der Waals surface area (Å²) in [5.74, 6) is -0.467. The Labute approximate surface area is 134 Å². The molecule has 1 aromatic carbocycles. The van der Waals surface area contributed by atoms with Crippen LogP contribution in [0, 0.1) is 0 Å². The lowest BCUT2D eigenvalue weighted by Gasteiger charge is -2.09. The number of halogens is 3. The van der Waals surface area contributed by atoms with Crippen molar-refractivity contribution in [2.75, 3.05) is 5.75 Å². The van der Waals surface area contributed by atoms with Gasteiger partial charge in [-0.1, -0.05) is 30.0 Å². The molecule has 1 amide bonds. The van der Waals surface area contributed by atoms with Crippen LogP contribution in [0.4, 0.5) is 13.2 Å². The number of thioether (sulfide) groups is 1. The highest BCUT2D eigenvalue weighted by Gasteiger charge is 2.32. The smallest absolute Gasteiger partial charge is 0.272 e. The largest absolute Gasteiger partial charge is 0.417 e. The minimum atomic E-state index is -4.48. The average Bonchev–Trinajstić information content (AvgIpc) is 2.53. The van der Waals surface area contributed by atoms with E-state index in [4.69, 9.17) is 0 Å². The number of benzene rings is 1. The van der Waals surface area contributed by atoms with Gasteiger partial charge >= 0.3 is 6.18 Å². The molecular weight excluding hydrogens is 329 g/mol. The number of aromatic nitrogens is 2. The van der Waals surface area contributed by atoms with Crippen LogP contribution in [0.3, 0.4) is 0 Å². The number of alkyl halides is 3. The van der Waals surface area contributed by atoms with E-state index < -0.39 is 17.6 Å². The van der Waals surface area contributed by atoms with Crippen molar-refractivity contribution in [2.45, 2.75) is 11.3 Å². The van der Waals surface area contributed by atoms with Gasteiger partial charge in [-0.15, -0.1) is 0 Å². The molecule has 0 atom stereocenters. The summed E-state index contributed by atoms with van der Waals surface area (Å²) in [5, 5.41) is 3.97. The summed E-state index contributed by atoms with van der Waals surface area (Å²) in [4.78, 5) is 19.4. The summed E-state index contributed by atoms with van der Waals surface area (Å²) in [7, 11) is 0. The molecule has 0 aliphatic rings. The van der Waals surface area contributed by atoms with E-state index in [1.54, 1.807) is 18.5 Å². The molecule has 0 aliphatic heterocycles. The van der Waals surface area contributed by atoms with Gasteiger partial charge in [0.05, 0.1) is 17.5 Å². The van der Waals surface area contributed by atoms with Gasteiger partial charge in [0.2, 0.25) is 0 Å². The van der Waals surface area contributed by atoms with Crippen molar-refractivity contribution in [1.29, 1.82) is 0 Å². The van der Waals surface area contributed by atoms with Crippen molar-refractivity contribution in [3.63, 3.8) is 0 Å². The number of rotatable bonds is 5. The molecule has 9 heteroatoms. The van der Waals surface area contributed by atoms with Crippen LogP contribution < -0.4 is 5.43 Å². The number of amides is 1. The minimum absolute atomic E-state index is 0.00225. The van der Waals surface area contributed by atoms with Crippen molar-refractivity contribution in [3.05, 3.63) is 53.9 Å². The van der Waals surface area contributed by atoms with Gasteiger partial charge in [-0.2, -0.15) is 18.3 Å². The van der Waals surface area contributed by atoms with Crippen LogP contribution in [0.1, 0.15) is 11.1 Å². The van der Waals surface area contributed by atoms with E-state index in [9.17, 15) is 18.0 Å². The Kier molecular flexibility index (Phi) is 5.69. The summed E-state index contributed by atoms with van der Waals surface area (Å²) in [6.45, 7) is 0. The van der Waals surface area contributed by atoms with Crippen LogP contribution in [0.25, 0.3) is 0 Å². The molecular formula is C14H11F3N4OS. The van der Waals surface area contributed by atoms with Crippen molar-refractivity contribution in [3.8, 4) is 0 Å². The average molecular weight is 340 g/mol. The fourth-order valence-electron chi connectivity index (χ4n) is 1.56. The molecule has 0 spiro atoms. The molecule has 1 aromatic heterocycles. The third kappa shape index (κ3) is 5.37. The number of carbonyl (C=O) groups excluding carboxylic acids is 1. The lowest BCUT2D eigenvalue weighted by Crippen LogP contribution is -2.20. The second-order valence-electron chi connectivity index (χ2n) is 4.20. The first-order valence-corrected chi connectivity index (χ1v) is 7.33. The third-order valence-electron chi connectivity index (χ3n) is 2.53. The van der Waals surface area contributed by atoms with Gasteiger partial charge in [0.15, 0.2) is 5.16 Å². The van der Waals surface area contributed by atoms with E-state index in [1.165, 1.54) is 18.2 Å². The van der Waals surface area contributed by atoms with Crippen LogP contribution >= 0.6 is 11.8 Å². The molecule has 0 fully saturated rings. The highest BCUT2D eigenvalue weighted by atomic mass is 32.2. The first kappa shape index (κ1) is 16.9. The zero-order valence-electron chi connectivity index (χ0n) is 11.6. The van der Waals surface area contributed by atoms with Gasteiger partial charge in [-0.05, 0) is 12.1 Å². The lowest BCUT2D eigenvalue weighted by atomic mass is 10.1. The Bertz CT molecular complexity index is 692. The van der Waals surface area contributed by atoms with E-state index in [-0.39, 0.29) is 11.3 Å². The Morgan fingerprint density at radius 1 is 1.22 bits per heavy atom. The Morgan fingerprint density at radius 3 is 2.61 bits per heavy atom. The fraction of sp³-hybridized carbons (Fsp3) is 0.143. The zero-order valence-corrected chi connectivity index (χ0v) is 12.4. The van der Waals surface area contributed by atoms with E-state index in [2.05, 4.69) is 20.5 Å². The molecule has 0 saturated carbocycles. The topological polar surface area (TPSA) is 67.2 Å². The first-order valence-electron chi connectivity index (χ1n) is 6.35. The highest BCUT2D eigenvalue weighted by Crippen LogP contribution is 2.30. The van der Waals surface area contributed by atoms with Gasteiger partial charge in [-0.25, -0.2) is 15.4 Å². The van der Waals surface area contributed by atoms with Crippen LogP contribution in [-0.4, -0.2) is 27.8 Å². The van der Waals surface area contributed by atoms with Gasteiger partial charge in [0.25, 0.3) is 5.91 Å². The van der Waals surface area contributed by atoms with Crippen LogP contribution in [-0.2, 0) is 11.0 Å². The van der Waals surface area contributed by atoms with Gasteiger partial charge in [0, 0.05) is 18.0 Å². The molecule has 1 heterocycles. The third-order valence-corrected chi connectivity index (χ3v) is 3.41. The standard InChI is InChI=1S/C14H11F3N4OS/c15-14(16,17)11-5-2-1-4-10(11)8-20-21-12(22)9-23-13-18-6-3-7-19-13/h1-8H,9H2,(H,21,22)/b20-8+. The molecule has 23 heavy (non-hydrogen) atoms. The molecule has 2 aromatic rings. The maximum atomic E-state index is 12.8. The number of hydrazone groups is 1. The van der Waals surface area contributed by atoms with Gasteiger partial charge in [-0.3, -0.25) is 4.79 Å². The van der Waals surface area contributed by atoms with Crippen molar-refractivity contribution in [2.24, 2.45) is 5.10 Å². The SMILES string of the molecule is O=C(CSc1ncccn1)N/N=C/c1ccccc1C(F)(F)F. The predicted molar refractivity (Wildman–Crippen MR) is 79.9 cm³/mol. The minimum Gasteiger partial charge on any atom is -0.272 e. The Balaban J connectivity index is 1.91. The van der Waals surface area contributed by atoms with E-state index in [0.29, 0.717) is 5.16 Å². The quantitative estimate of drug-likeness (QED) is 0.393. The molecule has 0 aliphatic carbocycles. The van der Waals surface area contributed by atoms with Gasteiger partial charge in [0.1, 0.15) is 0 Å². The zero-order chi connectivity index (χ0) is 16.7. The summed E-state index contributed by atoms with van der Waals surface area (Å²) >= 11 is 1.09. The second-order valence-corrected chi connectivity index (χ2v) is 5.14. The Morgan fingerprint density at radius 2 is 1.91 bits per heavy atom. The maximum Gasteiger partial charge on any atom is 0.417 e. The molecule has 0 radical (unpaired) electrons. The molecule has 0 unspecified atom stereocenters. The highest BCUT2D eigenvalue weighted by molar-refractivity contribution is 7.99. The van der Waals surface area contributed by atoms with Crippen LogP contribution in [0.2, 0.25) is 0 Å². The number of nitrogens with one attached hydrogen (secondary N) is 1. The summed E-state index contributed by atoms with van der Waals surface area (Å²) in [6, 6.07) is 6.61. The summed E-state index contributed by atoms with van der Waals surface area (Å²) < 4.78 is 38.3. The van der Waals surface area contributed by atoms with Crippen LogP contribution in [0.15, 0.2) is 53.0 Å². The van der Waals surface area contributed by atoms with E-state index in [1.807, 2.05) is 0 Å². The monoisotopic (exact) mass is 340 g/mol. The Hall–Kier alpha value is -2.42. The number of hydrogen-bond donors (Lipinski definition) is 1.